The van der Waals surface area contributed by atoms with Crippen LogP contribution in [0.25, 0.3) is 0 Å². The number of aliphatic hydroxyl groups excluding tert-OH is 1. The molecule has 0 saturated carbocycles. The van der Waals surface area contributed by atoms with Crippen LogP contribution in [-0.4, -0.2) is 40.5 Å². The molecule has 0 aliphatic rings. The molecule has 0 spiro atoms. The average molecular weight is 226 g/mol. The molecule has 86 valence electrons. The SMILES string of the molecule is O=C(O)c1cc(O)cc(C(=O)OCCO)c1. The van der Waals surface area contributed by atoms with E-state index in [-0.39, 0.29) is 30.1 Å². The Kier molecular flexibility index (Phi) is 3.84. The summed E-state index contributed by atoms with van der Waals surface area (Å²) in [6.45, 7) is -0.507. The number of aliphatic hydroxyl groups is 1. The molecule has 0 aliphatic heterocycles. The zero-order chi connectivity index (χ0) is 12.1. The first kappa shape index (κ1) is 12.0. The summed E-state index contributed by atoms with van der Waals surface area (Å²) >= 11 is 0. The van der Waals surface area contributed by atoms with Crippen LogP contribution in [-0.2, 0) is 4.74 Å². The van der Waals surface area contributed by atoms with E-state index in [1.165, 1.54) is 0 Å². The van der Waals surface area contributed by atoms with Gasteiger partial charge in [-0.2, -0.15) is 0 Å². The summed E-state index contributed by atoms with van der Waals surface area (Å²) in [6, 6.07) is 3.19. The second-order valence-electron chi connectivity index (χ2n) is 2.93. The Morgan fingerprint density at radius 2 is 1.81 bits per heavy atom. The number of phenolic OH excluding ortho intramolecular Hbond substituents is 1. The maximum Gasteiger partial charge on any atom is 0.338 e. The van der Waals surface area contributed by atoms with E-state index in [0.29, 0.717) is 0 Å². The van der Waals surface area contributed by atoms with Gasteiger partial charge in [-0.05, 0) is 18.2 Å². The third-order valence-corrected chi connectivity index (χ3v) is 1.72. The van der Waals surface area contributed by atoms with Gasteiger partial charge in [0.05, 0.1) is 17.7 Å². The Bertz CT molecular complexity index is 412. The quantitative estimate of drug-likeness (QED) is 0.635. The smallest absolute Gasteiger partial charge is 0.338 e. The number of hydrogen-bond donors (Lipinski definition) is 3. The summed E-state index contributed by atoms with van der Waals surface area (Å²) in [6.07, 6.45) is 0. The number of carboxylic acid groups (broad SMARTS) is 1. The number of aromatic hydroxyl groups is 1. The van der Waals surface area contributed by atoms with E-state index in [1.54, 1.807) is 0 Å². The number of esters is 1. The van der Waals surface area contributed by atoms with Gasteiger partial charge in [0.15, 0.2) is 0 Å². The van der Waals surface area contributed by atoms with Gasteiger partial charge in [0, 0.05) is 0 Å². The van der Waals surface area contributed by atoms with E-state index in [4.69, 9.17) is 10.2 Å². The van der Waals surface area contributed by atoms with Crippen LogP contribution < -0.4 is 0 Å². The van der Waals surface area contributed by atoms with Gasteiger partial charge < -0.3 is 20.1 Å². The molecule has 0 unspecified atom stereocenters. The van der Waals surface area contributed by atoms with Crippen molar-refractivity contribution in [2.24, 2.45) is 0 Å². The van der Waals surface area contributed by atoms with Gasteiger partial charge in [-0.3, -0.25) is 0 Å². The highest BCUT2D eigenvalue weighted by atomic mass is 16.5. The number of carbonyl (C=O) groups is 2. The lowest BCUT2D eigenvalue weighted by Gasteiger charge is -2.04. The highest BCUT2D eigenvalue weighted by Crippen LogP contribution is 2.16. The fourth-order valence-corrected chi connectivity index (χ4v) is 1.07. The third kappa shape index (κ3) is 2.96. The van der Waals surface area contributed by atoms with E-state index < -0.39 is 11.9 Å². The van der Waals surface area contributed by atoms with E-state index in [2.05, 4.69) is 4.74 Å². The Balaban J connectivity index is 2.95. The summed E-state index contributed by atoms with van der Waals surface area (Å²) in [4.78, 5) is 21.9. The Labute approximate surface area is 90.7 Å². The minimum Gasteiger partial charge on any atom is -0.508 e. The van der Waals surface area contributed by atoms with Crippen molar-refractivity contribution in [3.05, 3.63) is 29.3 Å². The minimum atomic E-state index is -1.26. The van der Waals surface area contributed by atoms with Crippen molar-refractivity contribution in [1.82, 2.24) is 0 Å². The lowest BCUT2D eigenvalue weighted by molar-refractivity contribution is 0.0433. The van der Waals surface area contributed by atoms with Crippen molar-refractivity contribution in [1.29, 1.82) is 0 Å². The van der Waals surface area contributed by atoms with Crippen molar-refractivity contribution in [2.45, 2.75) is 0 Å². The summed E-state index contributed by atoms with van der Waals surface area (Å²) in [7, 11) is 0. The number of benzene rings is 1. The Hall–Kier alpha value is -2.08. The van der Waals surface area contributed by atoms with E-state index in [9.17, 15) is 14.7 Å². The molecule has 0 radical (unpaired) electrons. The number of carboxylic acids is 1. The number of aromatic carboxylic acids is 1. The fraction of sp³-hybridized carbons (Fsp3) is 0.200. The van der Waals surface area contributed by atoms with Crippen LogP contribution in [0.2, 0.25) is 0 Å². The Morgan fingerprint density at radius 1 is 1.19 bits per heavy atom. The molecule has 0 amide bonds. The van der Waals surface area contributed by atoms with Crippen LogP contribution in [0.15, 0.2) is 18.2 Å². The zero-order valence-corrected chi connectivity index (χ0v) is 8.21. The van der Waals surface area contributed by atoms with E-state index in [0.717, 1.165) is 18.2 Å². The lowest BCUT2D eigenvalue weighted by Crippen LogP contribution is -2.09. The molecular weight excluding hydrogens is 216 g/mol. The summed E-state index contributed by atoms with van der Waals surface area (Å²) in [5.41, 5.74) is -0.290. The zero-order valence-electron chi connectivity index (χ0n) is 8.21. The molecule has 1 aromatic rings. The largest absolute Gasteiger partial charge is 0.508 e. The van der Waals surface area contributed by atoms with E-state index >= 15 is 0 Å². The molecule has 0 atom stereocenters. The molecule has 6 heteroatoms. The predicted octanol–water partition coefficient (Wildman–Crippen LogP) is 0.239. The van der Waals surface area contributed by atoms with Crippen molar-refractivity contribution < 1.29 is 29.6 Å². The van der Waals surface area contributed by atoms with Crippen molar-refractivity contribution in [3.8, 4) is 5.75 Å². The van der Waals surface area contributed by atoms with Gasteiger partial charge in [-0.15, -0.1) is 0 Å². The Morgan fingerprint density at radius 3 is 2.38 bits per heavy atom. The third-order valence-electron chi connectivity index (χ3n) is 1.72. The normalized spacial score (nSPS) is 9.81. The molecular formula is C10H10O6. The molecule has 6 nitrogen and oxygen atoms in total. The van der Waals surface area contributed by atoms with Gasteiger partial charge in [-0.1, -0.05) is 0 Å². The number of carbonyl (C=O) groups excluding carboxylic acids is 1. The summed E-state index contributed by atoms with van der Waals surface area (Å²) in [5, 5.41) is 26.3. The molecule has 0 aliphatic carbocycles. The van der Waals surface area contributed by atoms with E-state index in [1.807, 2.05) is 0 Å². The molecule has 16 heavy (non-hydrogen) atoms. The standard InChI is InChI=1S/C10H10O6/c11-1-2-16-10(15)7-3-6(9(13)14)4-8(12)5-7/h3-5,11-12H,1-2H2,(H,13,14). The lowest BCUT2D eigenvalue weighted by atomic mass is 10.1. The molecule has 0 saturated heterocycles. The van der Waals surface area contributed by atoms with Gasteiger partial charge >= 0.3 is 11.9 Å². The van der Waals surface area contributed by atoms with Crippen LogP contribution in [0.1, 0.15) is 20.7 Å². The van der Waals surface area contributed by atoms with Crippen molar-refractivity contribution >= 4 is 11.9 Å². The topological polar surface area (TPSA) is 104 Å². The maximum atomic E-state index is 11.3. The molecule has 0 aromatic heterocycles. The van der Waals surface area contributed by atoms with Gasteiger partial charge in [0.25, 0.3) is 0 Å². The van der Waals surface area contributed by atoms with Crippen molar-refractivity contribution in [3.63, 3.8) is 0 Å². The molecule has 0 fully saturated rings. The summed E-state index contributed by atoms with van der Waals surface area (Å²) in [5.74, 6) is -2.39. The number of phenols is 1. The predicted molar refractivity (Wildman–Crippen MR) is 52.4 cm³/mol. The minimum absolute atomic E-state index is 0.0779. The number of hydrogen-bond acceptors (Lipinski definition) is 5. The van der Waals surface area contributed by atoms with Crippen LogP contribution in [0.4, 0.5) is 0 Å². The fourth-order valence-electron chi connectivity index (χ4n) is 1.07. The highest BCUT2D eigenvalue weighted by molar-refractivity contribution is 5.95. The van der Waals surface area contributed by atoms with Gasteiger partial charge in [0.1, 0.15) is 12.4 Å². The van der Waals surface area contributed by atoms with Gasteiger partial charge in [-0.25, -0.2) is 9.59 Å². The highest BCUT2D eigenvalue weighted by Gasteiger charge is 2.12. The van der Waals surface area contributed by atoms with Gasteiger partial charge in [0.2, 0.25) is 0 Å². The second-order valence-corrected chi connectivity index (χ2v) is 2.93. The van der Waals surface area contributed by atoms with Crippen LogP contribution in [0.5, 0.6) is 5.75 Å². The first-order valence-electron chi connectivity index (χ1n) is 4.40. The number of rotatable bonds is 4. The number of ether oxygens (including phenoxy) is 1. The van der Waals surface area contributed by atoms with Crippen molar-refractivity contribution in [2.75, 3.05) is 13.2 Å². The molecule has 3 N–H and O–H groups in total. The van der Waals surface area contributed by atoms with Crippen LogP contribution >= 0.6 is 0 Å². The molecule has 1 rings (SSSR count). The molecule has 1 aromatic carbocycles. The second kappa shape index (κ2) is 5.13. The first-order chi connectivity index (χ1) is 7.54. The first-order valence-corrected chi connectivity index (χ1v) is 4.40. The van der Waals surface area contributed by atoms with Crippen LogP contribution in [0.3, 0.4) is 0 Å². The van der Waals surface area contributed by atoms with Crippen LogP contribution in [0, 0.1) is 0 Å². The average Bonchev–Trinajstić information content (AvgIpc) is 2.24. The maximum absolute atomic E-state index is 11.3. The summed E-state index contributed by atoms with van der Waals surface area (Å²) < 4.78 is 4.57. The molecule has 0 bridgehead atoms. The monoisotopic (exact) mass is 226 g/mol. The molecule has 0 heterocycles.